The molecule has 4 rings (SSSR count). The van der Waals surface area contributed by atoms with Gasteiger partial charge in [0.2, 0.25) is 5.52 Å². The van der Waals surface area contributed by atoms with E-state index in [0.29, 0.717) is 6.61 Å². The first-order valence-corrected chi connectivity index (χ1v) is 14.6. The van der Waals surface area contributed by atoms with Gasteiger partial charge in [-0.25, -0.2) is 0 Å². The van der Waals surface area contributed by atoms with E-state index in [9.17, 15) is 4.79 Å². The van der Waals surface area contributed by atoms with Crippen molar-refractivity contribution in [2.45, 2.75) is 64.8 Å². The van der Waals surface area contributed by atoms with E-state index >= 15 is 0 Å². The zero-order valence-corrected chi connectivity index (χ0v) is 23.5. The Hall–Kier alpha value is -2.57. The van der Waals surface area contributed by atoms with Crippen LogP contribution < -0.4 is 9.47 Å². The maximum atomic E-state index is 12.3. The SMILES string of the molecule is CCCCN1C(=CC=Cc2sc3ccccc3[n+]2CCCOC(=O)C(C)(C)CC)Sc2ccccc21. The molecule has 0 spiro atoms. The second-order valence-corrected chi connectivity index (χ2v) is 11.9. The smallest absolute Gasteiger partial charge is 0.311 e. The number of hydrogen-bond acceptors (Lipinski definition) is 5. The molecule has 0 saturated heterocycles. The lowest BCUT2D eigenvalue weighted by Crippen LogP contribution is -2.36. The summed E-state index contributed by atoms with van der Waals surface area (Å²) in [6.45, 7) is 10.4. The first-order chi connectivity index (χ1) is 17.4. The Kier molecular flexibility index (Phi) is 8.91. The van der Waals surface area contributed by atoms with Crippen LogP contribution in [0.1, 0.15) is 58.4 Å². The molecule has 2 aromatic carbocycles. The number of thiazole rings is 1. The Bertz CT molecular complexity index is 1260. The Labute approximate surface area is 223 Å². The zero-order valence-electron chi connectivity index (χ0n) is 21.8. The standard InChI is InChI=1S/C30H37N2O2S2/c1-5-7-20-31-23-14-8-10-16-25(23)35-27(31)18-12-19-28-32(24-15-9-11-17-26(24)36-28)21-13-22-34-29(33)30(3,4)6-2/h8-12,14-19H,5-7,13,20-22H2,1-4H3/q+1. The summed E-state index contributed by atoms with van der Waals surface area (Å²) in [5.41, 5.74) is 2.11. The summed E-state index contributed by atoms with van der Waals surface area (Å²) in [5, 5.41) is 2.48. The highest BCUT2D eigenvalue weighted by atomic mass is 32.2. The van der Waals surface area contributed by atoms with E-state index in [2.05, 4.69) is 83.1 Å². The van der Waals surface area contributed by atoms with Gasteiger partial charge < -0.3 is 9.64 Å². The quantitative estimate of drug-likeness (QED) is 0.146. The molecule has 3 aromatic rings. The Morgan fingerprint density at radius 2 is 1.86 bits per heavy atom. The first kappa shape index (κ1) is 26.5. The molecule has 0 bridgehead atoms. The number of carbonyl (C=O) groups excluding carboxylic acids is 1. The molecule has 0 aliphatic carbocycles. The molecule has 0 N–H and O–H groups in total. The minimum atomic E-state index is -0.424. The number of anilines is 1. The van der Waals surface area contributed by atoms with Crippen LogP contribution in [0.3, 0.4) is 0 Å². The maximum absolute atomic E-state index is 12.3. The van der Waals surface area contributed by atoms with Crippen molar-refractivity contribution in [3.8, 4) is 0 Å². The average Bonchev–Trinajstić information content (AvgIpc) is 3.42. The molecule has 4 nitrogen and oxygen atoms in total. The van der Waals surface area contributed by atoms with Crippen LogP contribution in [0.25, 0.3) is 16.3 Å². The predicted octanol–water partition coefficient (Wildman–Crippen LogP) is 7.83. The van der Waals surface area contributed by atoms with E-state index in [1.54, 1.807) is 11.3 Å². The molecule has 0 atom stereocenters. The number of nitrogens with zero attached hydrogens (tertiary/aromatic N) is 2. The second-order valence-electron chi connectivity index (χ2n) is 9.73. The molecule has 1 aromatic heterocycles. The summed E-state index contributed by atoms with van der Waals surface area (Å²) < 4.78 is 9.20. The summed E-state index contributed by atoms with van der Waals surface area (Å²) >= 11 is 3.65. The largest absolute Gasteiger partial charge is 0.465 e. The minimum absolute atomic E-state index is 0.111. The molecule has 0 amide bonds. The number of allylic oxidation sites excluding steroid dienone is 2. The van der Waals surface area contributed by atoms with Crippen molar-refractivity contribution in [3.63, 3.8) is 0 Å². The Morgan fingerprint density at radius 3 is 2.67 bits per heavy atom. The van der Waals surface area contributed by atoms with E-state index in [1.807, 2.05) is 32.5 Å². The van der Waals surface area contributed by atoms with Gasteiger partial charge in [0.05, 0.1) is 22.7 Å². The molecule has 1 aliphatic rings. The first-order valence-electron chi connectivity index (χ1n) is 13.0. The Balaban J connectivity index is 1.50. The predicted molar refractivity (Wildman–Crippen MR) is 153 cm³/mol. The number of ether oxygens (including phenoxy) is 1. The fourth-order valence-corrected chi connectivity index (χ4v) is 6.27. The summed E-state index contributed by atoms with van der Waals surface area (Å²) in [7, 11) is 0. The Morgan fingerprint density at radius 1 is 1.08 bits per heavy atom. The van der Waals surface area contributed by atoms with Crippen molar-refractivity contribution < 1.29 is 14.1 Å². The summed E-state index contributed by atoms with van der Waals surface area (Å²) in [6, 6.07) is 17.2. The number of esters is 1. The lowest BCUT2D eigenvalue weighted by atomic mass is 9.91. The van der Waals surface area contributed by atoms with Gasteiger partial charge in [-0.1, -0.05) is 73.7 Å². The van der Waals surface area contributed by atoms with Crippen molar-refractivity contribution in [1.29, 1.82) is 0 Å². The topological polar surface area (TPSA) is 33.4 Å². The lowest BCUT2D eigenvalue weighted by Gasteiger charge is -2.19. The molecule has 0 saturated carbocycles. The van der Waals surface area contributed by atoms with E-state index in [0.717, 1.165) is 25.9 Å². The zero-order chi connectivity index (χ0) is 25.5. The normalized spacial score (nSPS) is 14.8. The molecule has 2 heterocycles. The number of rotatable bonds is 11. The lowest BCUT2D eigenvalue weighted by molar-refractivity contribution is -0.669. The van der Waals surface area contributed by atoms with Crippen molar-refractivity contribution in [3.05, 3.63) is 70.7 Å². The van der Waals surface area contributed by atoms with Gasteiger partial charge in [-0.2, -0.15) is 4.57 Å². The van der Waals surface area contributed by atoms with Crippen LogP contribution in [0.15, 0.2) is 70.6 Å². The minimum Gasteiger partial charge on any atom is -0.465 e. The van der Waals surface area contributed by atoms with Crippen molar-refractivity contribution >= 4 is 51.0 Å². The third-order valence-electron chi connectivity index (χ3n) is 6.68. The maximum Gasteiger partial charge on any atom is 0.311 e. The molecule has 1 aliphatic heterocycles. The molecule has 0 unspecified atom stereocenters. The highest BCUT2D eigenvalue weighted by Gasteiger charge is 2.27. The van der Waals surface area contributed by atoms with Gasteiger partial charge in [-0.05, 0) is 51.0 Å². The summed E-state index contributed by atoms with van der Waals surface area (Å²) in [6.07, 6.45) is 10.5. The molecule has 0 radical (unpaired) electrons. The van der Waals surface area contributed by atoms with Gasteiger partial charge in [-0.3, -0.25) is 4.79 Å². The number of hydrogen-bond donors (Lipinski definition) is 0. The van der Waals surface area contributed by atoms with Crippen LogP contribution in [0, 0.1) is 5.41 Å². The van der Waals surface area contributed by atoms with Crippen LogP contribution in [-0.4, -0.2) is 19.1 Å². The van der Waals surface area contributed by atoms with Gasteiger partial charge in [0.15, 0.2) is 6.54 Å². The number of benzene rings is 2. The van der Waals surface area contributed by atoms with Crippen LogP contribution in [-0.2, 0) is 16.1 Å². The number of unbranched alkanes of at least 4 members (excludes halogenated alkanes) is 1. The van der Waals surface area contributed by atoms with Crippen molar-refractivity contribution in [2.24, 2.45) is 5.41 Å². The van der Waals surface area contributed by atoms with Crippen LogP contribution in [0.4, 0.5) is 5.69 Å². The fraction of sp³-hybridized carbons (Fsp3) is 0.400. The van der Waals surface area contributed by atoms with E-state index < -0.39 is 5.41 Å². The molecule has 6 heteroatoms. The number of para-hydroxylation sites is 2. The van der Waals surface area contributed by atoms with Gasteiger partial charge in [0.1, 0.15) is 4.70 Å². The van der Waals surface area contributed by atoms with Crippen LogP contribution in [0.5, 0.6) is 0 Å². The van der Waals surface area contributed by atoms with E-state index in [-0.39, 0.29) is 5.97 Å². The number of fused-ring (bicyclic) bond motifs is 2. The highest BCUT2D eigenvalue weighted by molar-refractivity contribution is 8.03. The molecular formula is C30H37N2O2S2+. The monoisotopic (exact) mass is 521 g/mol. The second kappa shape index (κ2) is 12.1. The summed E-state index contributed by atoms with van der Waals surface area (Å²) in [4.78, 5) is 16.1. The van der Waals surface area contributed by atoms with Gasteiger partial charge >= 0.3 is 5.97 Å². The third-order valence-corrected chi connectivity index (χ3v) is 8.94. The number of carbonyl (C=O) groups is 1. The summed E-state index contributed by atoms with van der Waals surface area (Å²) in [5.74, 6) is -0.111. The van der Waals surface area contributed by atoms with Crippen molar-refractivity contribution in [2.75, 3.05) is 18.1 Å². The number of aromatic nitrogens is 1. The third kappa shape index (κ3) is 6.04. The van der Waals surface area contributed by atoms with Gasteiger partial charge in [-0.15, -0.1) is 0 Å². The van der Waals surface area contributed by atoms with Crippen molar-refractivity contribution in [1.82, 2.24) is 0 Å². The molecular weight excluding hydrogens is 484 g/mol. The van der Waals surface area contributed by atoms with E-state index in [1.165, 1.54) is 43.7 Å². The van der Waals surface area contributed by atoms with Crippen LogP contribution in [0.2, 0.25) is 0 Å². The van der Waals surface area contributed by atoms with Gasteiger partial charge in [0, 0.05) is 30.0 Å². The molecule has 190 valence electrons. The fourth-order valence-electron chi connectivity index (χ4n) is 4.07. The van der Waals surface area contributed by atoms with Gasteiger partial charge in [0.25, 0.3) is 5.01 Å². The number of thioether (sulfide) groups is 1. The molecule has 36 heavy (non-hydrogen) atoms. The van der Waals surface area contributed by atoms with Crippen LogP contribution >= 0.6 is 23.1 Å². The highest BCUT2D eigenvalue weighted by Crippen LogP contribution is 2.45. The number of aryl methyl sites for hydroxylation is 1. The van der Waals surface area contributed by atoms with E-state index in [4.69, 9.17) is 4.74 Å². The molecule has 0 fully saturated rings. The average molecular weight is 522 g/mol.